The molecule has 0 aliphatic heterocycles. The fraction of sp³-hybridized carbons (Fsp3) is 0.231. The molecule has 1 unspecified atom stereocenters. The highest BCUT2D eigenvalue weighted by Crippen LogP contribution is 2.29. The van der Waals surface area contributed by atoms with E-state index in [0.29, 0.717) is 0 Å². The zero-order valence-corrected chi connectivity index (χ0v) is 12.4. The molecule has 0 spiro atoms. The molecule has 0 saturated carbocycles. The van der Waals surface area contributed by atoms with Crippen LogP contribution < -0.4 is 10.6 Å². The molecule has 0 aromatic carbocycles. The minimum absolute atomic E-state index is 0.271. The Morgan fingerprint density at radius 2 is 2.10 bits per heavy atom. The van der Waals surface area contributed by atoms with Crippen molar-refractivity contribution in [1.29, 1.82) is 0 Å². The lowest BCUT2D eigenvalue weighted by molar-refractivity contribution is -0.138. The number of thiophene rings is 2. The van der Waals surface area contributed by atoms with Gasteiger partial charge in [-0.25, -0.2) is 0 Å². The van der Waals surface area contributed by atoms with Crippen LogP contribution in [-0.2, 0) is 16.1 Å². The molecule has 0 aliphatic carbocycles. The molecule has 2 amide bonds. The highest BCUT2D eigenvalue weighted by molar-refractivity contribution is 7.12. The van der Waals surface area contributed by atoms with E-state index in [4.69, 9.17) is 0 Å². The van der Waals surface area contributed by atoms with Gasteiger partial charge in [-0.3, -0.25) is 9.59 Å². The van der Waals surface area contributed by atoms with Gasteiger partial charge in [0.05, 0.1) is 6.54 Å². The number of amides is 2. The fourth-order valence-electron chi connectivity index (χ4n) is 1.59. The third kappa shape index (κ3) is 3.44. The average molecular weight is 310 g/mol. The monoisotopic (exact) mass is 310 g/mol. The van der Waals surface area contributed by atoms with Gasteiger partial charge in [0.15, 0.2) is 0 Å². The van der Waals surface area contributed by atoms with Crippen molar-refractivity contribution in [3.05, 3.63) is 44.3 Å². The number of likely N-dealkylation sites (N-methyl/N-ethyl adjacent to an activating group) is 1. The molecular formula is C13H14N2O3S2. The maximum atomic E-state index is 11.3. The minimum atomic E-state index is -0.667. The molecule has 0 saturated heterocycles. The molecule has 0 fully saturated rings. The van der Waals surface area contributed by atoms with E-state index >= 15 is 0 Å². The molecule has 3 N–H and O–H groups in total. The Bertz CT molecular complexity index is 593. The largest absolute Gasteiger partial charge is 0.383 e. The van der Waals surface area contributed by atoms with Crippen molar-refractivity contribution in [3.8, 4) is 0 Å². The molecule has 1 atom stereocenters. The molecule has 7 heteroatoms. The van der Waals surface area contributed by atoms with E-state index in [9.17, 15) is 14.7 Å². The Morgan fingerprint density at radius 3 is 2.75 bits per heavy atom. The van der Waals surface area contributed by atoms with Gasteiger partial charge in [-0.2, -0.15) is 11.3 Å². The molecule has 20 heavy (non-hydrogen) atoms. The molecule has 2 aromatic rings. The first-order chi connectivity index (χ1) is 9.61. The lowest BCUT2D eigenvalue weighted by Gasteiger charge is -2.05. The van der Waals surface area contributed by atoms with Gasteiger partial charge in [0.2, 0.25) is 0 Å². The van der Waals surface area contributed by atoms with Crippen LogP contribution in [-0.4, -0.2) is 24.0 Å². The highest BCUT2D eigenvalue weighted by atomic mass is 32.1. The van der Waals surface area contributed by atoms with Gasteiger partial charge in [0.1, 0.15) is 6.10 Å². The molecule has 2 rings (SSSR count). The van der Waals surface area contributed by atoms with E-state index in [1.807, 2.05) is 29.0 Å². The topological polar surface area (TPSA) is 78.4 Å². The van der Waals surface area contributed by atoms with Crippen molar-refractivity contribution < 1.29 is 14.7 Å². The first kappa shape index (κ1) is 14.7. The molecular weight excluding hydrogens is 296 g/mol. The SMILES string of the molecule is CNC(=O)C(=O)NCc1ccc(C(O)c2ccsc2)s1. The number of aliphatic hydroxyl groups is 1. The Kier molecular flexibility index (Phi) is 4.89. The molecule has 2 heterocycles. The minimum Gasteiger partial charge on any atom is -0.383 e. The van der Waals surface area contributed by atoms with E-state index < -0.39 is 17.9 Å². The van der Waals surface area contributed by atoms with Crippen LogP contribution >= 0.6 is 22.7 Å². The predicted molar refractivity (Wildman–Crippen MR) is 78.6 cm³/mol. The summed E-state index contributed by atoms with van der Waals surface area (Å²) in [6.07, 6.45) is -0.644. The Balaban J connectivity index is 1.96. The summed E-state index contributed by atoms with van der Waals surface area (Å²) in [5.41, 5.74) is 0.859. The third-order valence-electron chi connectivity index (χ3n) is 2.67. The predicted octanol–water partition coefficient (Wildman–Crippen LogP) is 1.25. The van der Waals surface area contributed by atoms with Gasteiger partial charge in [-0.1, -0.05) is 0 Å². The van der Waals surface area contributed by atoms with Crippen molar-refractivity contribution >= 4 is 34.5 Å². The van der Waals surface area contributed by atoms with Crippen molar-refractivity contribution in [1.82, 2.24) is 10.6 Å². The van der Waals surface area contributed by atoms with Crippen molar-refractivity contribution in [3.63, 3.8) is 0 Å². The Hall–Kier alpha value is -1.70. The number of aliphatic hydroxyl groups excluding tert-OH is 1. The molecule has 106 valence electrons. The normalized spacial score (nSPS) is 11.9. The van der Waals surface area contributed by atoms with Gasteiger partial charge in [0.25, 0.3) is 0 Å². The number of nitrogens with one attached hydrogen (secondary N) is 2. The van der Waals surface area contributed by atoms with Crippen LogP contribution in [0.4, 0.5) is 0 Å². The molecule has 0 bridgehead atoms. The molecule has 0 aliphatic rings. The molecule has 2 aromatic heterocycles. The maximum Gasteiger partial charge on any atom is 0.309 e. The maximum absolute atomic E-state index is 11.3. The summed E-state index contributed by atoms with van der Waals surface area (Å²) in [4.78, 5) is 24.0. The van der Waals surface area contributed by atoms with Crippen LogP contribution in [0.25, 0.3) is 0 Å². The van der Waals surface area contributed by atoms with Crippen LogP contribution in [0.2, 0.25) is 0 Å². The summed E-state index contributed by atoms with van der Waals surface area (Å²) < 4.78 is 0. The summed E-state index contributed by atoms with van der Waals surface area (Å²) in [7, 11) is 1.41. The van der Waals surface area contributed by atoms with Gasteiger partial charge in [-0.15, -0.1) is 11.3 Å². The summed E-state index contributed by atoms with van der Waals surface area (Å²) in [6.45, 7) is 0.271. The average Bonchev–Trinajstić information content (AvgIpc) is 3.14. The van der Waals surface area contributed by atoms with Crippen LogP contribution in [0.5, 0.6) is 0 Å². The van der Waals surface area contributed by atoms with Crippen LogP contribution in [0.1, 0.15) is 21.4 Å². The third-order valence-corrected chi connectivity index (χ3v) is 4.51. The smallest absolute Gasteiger partial charge is 0.309 e. The van der Waals surface area contributed by atoms with E-state index in [1.54, 1.807) is 0 Å². The first-order valence-electron chi connectivity index (χ1n) is 5.90. The highest BCUT2D eigenvalue weighted by Gasteiger charge is 2.15. The second-order valence-electron chi connectivity index (χ2n) is 4.03. The summed E-state index contributed by atoms with van der Waals surface area (Å²) in [5.74, 6) is -1.33. The second-order valence-corrected chi connectivity index (χ2v) is 6.01. The van der Waals surface area contributed by atoms with Gasteiger partial charge in [0, 0.05) is 16.8 Å². The van der Waals surface area contributed by atoms with E-state index in [0.717, 1.165) is 15.3 Å². The summed E-state index contributed by atoms with van der Waals surface area (Å²) in [6, 6.07) is 5.54. The van der Waals surface area contributed by atoms with Crippen LogP contribution in [0, 0.1) is 0 Å². The van der Waals surface area contributed by atoms with Crippen LogP contribution in [0.15, 0.2) is 29.0 Å². The standard InChI is InChI=1S/C13H14N2O3S2/c1-14-12(17)13(18)15-6-9-2-3-10(20-9)11(16)8-4-5-19-7-8/h2-5,7,11,16H,6H2,1H3,(H,14,17)(H,15,18). The number of hydrogen-bond donors (Lipinski definition) is 3. The molecule has 5 nitrogen and oxygen atoms in total. The fourth-order valence-corrected chi connectivity index (χ4v) is 3.24. The van der Waals surface area contributed by atoms with Crippen LogP contribution in [0.3, 0.4) is 0 Å². The zero-order valence-electron chi connectivity index (χ0n) is 10.8. The van der Waals surface area contributed by atoms with Gasteiger partial charge in [-0.05, 0) is 34.5 Å². The van der Waals surface area contributed by atoms with E-state index in [-0.39, 0.29) is 6.54 Å². The lowest BCUT2D eigenvalue weighted by atomic mass is 10.2. The van der Waals surface area contributed by atoms with Crippen molar-refractivity contribution in [2.45, 2.75) is 12.6 Å². The van der Waals surface area contributed by atoms with Gasteiger partial charge < -0.3 is 15.7 Å². The lowest BCUT2D eigenvalue weighted by Crippen LogP contribution is -2.37. The summed E-state index contributed by atoms with van der Waals surface area (Å²) in [5, 5.41) is 18.8. The summed E-state index contributed by atoms with van der Waals surface area (Å²) >= 11 is 2.94. The quantitative estimate of drug-likeness (QED) is 0.744. The number of carbonyl (C=O) groups is 2. The number of hydrogen-bond acceptors (Lipinski definition) is 5. The number of carbonyl (C=O) groups excluding carboxylic acids is 2. The molecule has 0 radical (unpaired) electrons. The van der Waals surface area contributed by atoms with Crippen molar-refractivity contribution in [2.75, 3.05) is 7.05 Å². The Morgan fingerprint density at radius 1 is 1.30 bits per heavy atom. The second kappa shape index (κ2) is 6.65. The van der Waals surface area contributed by atoms with Gasteiger partial charge >= 0.3 is 11.8 Å². The number of rotatable bonds is 4. The van der Waals surface area contributed by atoms with E-state index in [1.165, 1.54) is 29.7 Å². The Labute approximate surface area is 124 Å². The van der Waals surface area contributed by atoms with E-state index in [2.05, 4.69) is 10.6 Å². The zero-order chi connectivity index (χ0) is 14.5. The van der Waals surface area contributed by atoms with Crippen molar-refractivity contribution in [2.24, 2.45) is 0 Å². The first-order valence-corrected chi connectivity index (χ1v) is 7.66.